The third-order valence-corrected chi connectivity index (χ3v) is 14.2. The summed E-state index contributed by atoms with van der Waals surface area (Å²) >= 11 is 6.10. The number of pyridine rings is 1. The average Bonchev–Trinajstić information content (AvgIpc) is 3.44. The van der Waals surface area contributed by atoms with E-state index < -0.39 is 141 Å². The molecule has 25 nitrogen and oxygen atoms in total. The van der Waals surface area contributed by atoms with Crippen LogP contribution in [-0.4, -0.2) is 186 Å². The molecule has 0 saturated carbocycles. The molecule has 1 aliphatic rings. The van der Waals surface area contributed by atoms with Crippen LogP contribution in [0.3, 0.4) is 0 Å². The molecule has 12 N–H and O–H groups in total. The number of rotatable bonds is 32. The summed E-state index contributed by atoms with van der Waals surface area (Å²) in [5.41, 5.74) is 8.97. The molecule has 456 valence electrons. The van der Waals surface area contributed by atoms with Crippen LogP contribution in [0.25, 0.3) is 0 Å². The first-order valence-electron chi connectivity index (χ1n) is 26.8. The number of benzene rings is 3. The second-order valence-corrected chi connectivity index (χ2v) is 21.0. The van der Waals surface area contributed by atoms with E-state index in [4.69, 9.17) is 36.3 Å². The summed E-state index contributed by atoms with van der Waals surface area (Å²) in [5, 5.41) is 87.0. The van der Waals surface area contributed by atoms with Gasteiger partial charge in [-0.1, -0.05) is 54.9 Å². The van der Waals surface area contributed by atoms with Crippen LogP contribution in [0.5, 0.6) is 11.5 Å². The minimum atomic E-state index is -2.38. The number of amides is 4. The van der Waals surface area contributed by atoms with Crippen LogP contribution in [-0.2, 0) is 62.4 Å². The van der Waals surface area contributed by atoms with Gasteiger partial charge in [-0.15, -0.1) is 0 Å². The van der Waals surface area contributed by atoms with E-state index in [1.165, 1.54) is 50.2 Å². The Kier molecular flexibility index (Phi) is 26.0. The van der Waals surface area contributed by atoms with Crippen molar-refractivity contribution in [3.05, 3.63) is 118 Å². The van der Waals surface area contributed by atoms with Crippen molar-refractivity contribution in [3.8, 4) is 11.5 Å². The topological polar surface area (TPSA) is 402 Å². The number of primary amides is 1. The number of halogens is 1. The number of Topliss-reactive ketones (excluding diaryl/α,β-unsaturated/α-hetero) is 4. The Morgan fingerprint density at radius 1 is 0.786 bits per heavy atom. The molecular formula is C58H72ClN5O20. The lowest BCUT2D eigenvalue weighted by Crippen LogP contribution is -2.61. The first kappa shape index (κ1) is 67.6. The maximum atomic E-state index is 13.4. The zero-order chi connectivity index (χ0) is 61.9. The Bertz CT molecular complexity index is 2910. The second kappa shape index (κ2) is 32.2. The van der Waals surface area contributed by atoms with Gasteiger partial charge in [0, 0.05) is 81.0 Å². The molecule has 84 heavy (non-hydrogen) atoms. The van der Waals surface area contributed by atoms with Crippen molar-refractivity contribution in [2.24, 2.45) is 17.6 Å². The number of aryl methyl sites for hydroxylation is 1. The summed E-state index contributed by atoms with van der Waals surface area (Å²) in [4.78, 5) is 109. The molecule has 1 aliphatic heterocycles. The first-order chi connectivity index (χ1) is 39.8. The van der Waals surface area contributed by atoms with Crippen molar-refractivity contribution in [3.63, 3.8) is 0 Å². The monoisotopic (exact) mass is 1190 g/mol. The summed E-state index contributed by atoms with van der Waals surface area (Å²) in [5.74, 6) is -6.33. The maximum Gasteiger partial charge on any atom is 0.409 e. The van der Waals surface area contributed by atoms with Gasteiger partial charge < -0.3 is 81.1 Å². The molecule has 4 amide bonds. The smallest absolute Gasteiger partial charge is 0.409 e. The number of nitrogens with zero attached hydrogens (tertiary/aromatic N) is 2. The van der Waals surface area contributed by atoms with Crippen molar-refractivity contribution in [1.82, 2.24) is 15.2 Å². The van der Waals surface area contributed by atoms with E-state index in [9.17, 15) is 79.2 Å². The van der Waals surface area contributed by atoms with Crippen LogP contribution in [0.4, 0.5) is 10.5 Å². The Hall–Kier alpha value is -7.14. The molecular weight excluding hydrogens is 1120 g/mol. The number of aliphatic hydroxyl groups excluding tert-OH is 8. The normalized spacial score (nSPS) is 19.3. The summed E-state index contributed by atoms with van der Waals surface area (Å²) in [6.07, 6.45) is -18.2. The summed E-state index contributed by atoms with van der Waals surface area (Å²) in [7, 11) is 1.51. The van der Waals surface area contributed by atoms with Gasteiger partial charge >= 0.3 is 6.09 Å². The van der Waals surface area contributed by atoms with E-state index in [1.807, 2.05) is 19.1 Å². The molecule has 12 atom stereocenters. The Labute approximate surface area is 488 Å². The first-order valence-corrected chi connectivity index (χ1v) is 27.2. The van der Waals surface area contributed by atoms with Gasteiger partial charge in [0.1, 0.15) is 78.4 Å². The van der Waals surface area contributed by atoms with Gasteiger partial charge in [0.2, 0.25) is 17.7 Å². The number of aromatic nitrogens is 1. The number of nitrogens with one attached hydrogen (secondary N) is 2. The SMILES string of the molecule is Cc1cc(CC(=O)Cc2ccc(Oc3ccnc(C(=O)CCCN(C)C(=O)OCc4ccc(NC(=O)C(CC(N)=O)CC(=O)C(C)NC(=O)C(C)CC(=O)[C@H](O)[C@H](O)[C@@H](O[C@@H]5O[C@H](CO)[C@H](O)[C@H](O)[C@H]5O)[C@H](O)CO)cc4)c3)cc2)ccc1Cl. The van der Waals surface area contributed by atoms with Gasteiger partial charge in [0.25, 0.3) is 0 Å². The number of carbonyl (C=O) groups is 8. The van der Waals surface area contributed by atoms with E-state index in [0.717, 1.165) is 16.7 Å². The van der Waals surface area contributed by atoms with E-state index in [-0.39, 0.29) is 55.4 Å². The fourth-order valence-electron chi connectivity index (χ4n) is 8.73. The zero-order valence-corrected chi connectivity index (χ0v) is 47.4. The van der Waals surface area contributed by atoms with Gasteiger partial charge in [0.05, 0.1) is 25.2 Å². The fourth-order valence-corrected chi connectivity index (χ4v) is 8.85. The fraction of sp³-hybridized carbons (Fsp3) is 0.466. The lowest BCUT2D eigenvalue weighted by atomic mass is 9.93. The number of carbonyl (C=O) groups excluding carboxylic acids is 8. The van der Waals surface area contributed by atoms with Crippen LogP contribution in [0, 0.1) is 18.8 Å². The highest BCUT2D eigenvalue weighted by Crippen LogP contribution is 2.27. The zero-order valence-electron chi connectivity index (χ0n) is 46.6. The molecule has 0 aliphatic carbocycles. The van der Waals surface area contributed by atoms with E-state index in [1.54, 1.807) is 48.5 Å². The van der Waals surface area contributed by atoms with Crippen LogP contribution in [0.1, 0.15) is 78.7 Å². The molecule has 3 aromatic carbocycles. The quantitative estimate of drug-likeness (QED) is 0.0306. The molecule has 0 spiro atoms. The highest BCUT2D eigenvalue weighted by molar-refractivity contribution is 6.31. The van der Waals surface area contributed by atoms with Crippen LogP contribution >= 0.6 is 11.6 Å². The highest BCUT2D eigenvalue weighted by atomic mass is 35.5. The van der Waals surface area contributed by atoms with Gasteiger partial charge in [-0.25, -0.2) is 4.79 Å². The van der Waals surface area contributed by atoms with Crippen molar-refractivity contribution in [2.75, 3.05) is 32.1 Å². The van der Waals surface area contributed by atoms with Crippen LogP contribution < -0.4 is 21.1 Å². The third kappa shape index (κ3) is 20.0. The second-order valence-electron chi connectivity index (χ2n) is 20.6. The summed E-state index contributed by atoms with van der Waals surface area (Å²) in [6, 6.07) is 20.5. The van der Waals surface area contributed by atoms with Crippen molar-refractivity contribution in [2.45, 2.75) is 133 Å². The predicted molar refractivity (Wildman–Crippen MR) is 298 cm³/mol. The molecule has 2 heterocycles. The van der Waals surface area contributed by atoms with Crippen molar-refractivity contribution in [1.29, 1.82) is 0 Å². The minimum absolute atomic E-state index is 0.0502. The van der Waals surface area contributed by atoms with E-state index in [0.29, 0.717) is 28.5 Å². The molecule has 1 saturated heterocycles. The summed E-state index contributed by atoms with van der Waals surface area (Å²) in [6.45, 7) is 2.47. The van der Waals surface area contributed by atoms with Crippen LogP contribution in [0.2, 0.25) is 5.02 Å². The van der Waals surface area contributed by atoms with Crippen molar-refractivity contribution >= 4 is 64.2 Å². The molecule has 1 aromatic heterocycles. The number of nitrogens with two attached hydrogens (primary N) is 1. The Morgan fingerprint density at radius 3 is 2.08 bits per heavy atom. The highest BCUT2D eigenvalue weighted by Gasteiger charge is 2.47. The molecule has 26 heteroatoms. The number of anilines is 1. The maximum absolute atomic E-state index is 13.4. The van der Waals surface area contributed by atoms with E-state index in [2.05, 4.69) is 15.6 Å². The van der Waals surface area contributed by atoms with E-state index >= 15 is 0 Å². The molecule has 1 fully saturated rings. The average molecular weight is 1190 g/mol. The Morgan fingerprint density at radius 2 is 1.44 bits per heavy atom. The van der Waals surface area contributed by atoms with Gasteiger partial charge in [0.15, 0.2) is 23.6 Å². The molecule has 5 rings (SSSR count). The standard InChI is InChI=1S/C58H72ClN5O20/c1-30-20-35(11-16-41(30)59)23-38(67)22-33-9-14-39(15-10-33)82-40-17-18-61-42(26-40)43(68)6-5-19-64(4)58(80)81-29-34-7-12-37(13-8-34)63-56(79)36(25-48(60)72)24-44(69)32(3)62-55(78)31(2)21-45(70)49(73)52(76)54(46(71)27-65)84-57-53(77)51(75)50(74)47(28-66)83-57/h7-18,20,26,31-32,36,46-47,49-54,57,65-66,71,73-77H,5-6,19,21-25,27-29H2,1-4H3,(H2,60,72)(H,62,78)(H,63,79)/t31?,32?,36?,46-,47-,49+,50+,51+,52+,53-,54+,57+/m1/s1. The predicted octanol–water partition coefficient (Wildman–Crippen LogP) is 1.17. The molecule has 3 unspecified atom stereocenters. The molecule has 4 aromatic rings. The summed E-state index contributed by atoms with van der Waals surface area (Å²) < 4.78 is 21.9. The van der Waals surface area contributed by atoms with Gasteiger partial charge in [-0.2, -0.15) is 0 Å². The van der Waals surface area contributed by atoms with Crippen molar-refractivity contribution < 1.29 is 98.2 Å². The molecule has 0 bridgehead atoms. The van der Waals surface area contributed by atoms with Gasteiger partial charge in [-0.05, 0) is 78.9 Å². The van der Waals surface area contributed by atoms with Gasteiger partial charge in [-0.3, -0.25) is 38.5 Å². The third-order valence-electron chi connectivity index (χ3n) is 13.8. The minimum Gasteiger partial charge on any atom is -0.457 e. The lowest BCUT2D eigenvalue weighted by Gasteiger charge is -2.42. The largest absolute Gasteiger partial charge is 0.457 e. The number of ether oxygens (including phenoxy) is 4. The van der Waals surface area contributed by atoms with Crippen LogP contribution in [0.15, 0.2) is 85.1 Å². The number of hydrogen-bond donors (Lipinski definition) is 11. The number of aliphatic hydroxyl groups is 8. The molecule has 0 radical (unpaired) electrons. The Balaban J connectivity index is 1.02. The number of hydrogen-bond acceptors (Lipinski definition) is 21. The number of ketones is 4. The lowest BCUT2D eigenvalue weighted by molar-refractivity contribution is -0.326.